The largest absolute Gasteiger partial charge is 0.377 e. The van der Waals surface area contributed by atoms with Crippen LogP contribution in [0.4, 0.5) is 0 Å². The van der Waals surface area contributed by atoms with E-state index in [9.17, 15) is 0 Å². The van der Waals surface area contributed by atoms with Gasteiger partial charge in [-0.1, -0.05) is 52.4 Å². The van der Waals surface area contributed by atoms with Crippen molar-refractivity contribution in [3.63, 3.8) is 0 Å². The van der Waals surface area contributed by atoms with Crippen molar-refractivity contribution >= 4 is 0 Å². The summed E-state index contributed by atoms with van der Waals surface area (Å²) in [5.74, 6) is 0. The summed E-state index contributed by atoms with van der Waals surface area (Å²) in [6, 6.07) is 0. The maximum atomic E-state index is 5.69. The topological polar surface area (TPSA) is 21.3 Å². The highest BCUT2D eigenvalue weighted by Gasteiger charge is 2.15. The molecule has 0 saturated carbocycles. The molecule has 0 amide bonds. The van der Waals surface area contributed by atoms with E-state index in [1.165, 1.54) is 44.9 Å². The van der Waals surface area contributed by atoms with Gasteiger partial charge in [0, 0.05) is 12.1 Å². The summed E-state index contributed by atoms with van der Waals surface area (Å²) in [5, 5.41) is 3.62. The van der Waals surface area contributed by atoms with Crippen LogP contribution in [0, 0.1) is 0 Å². The van der Waals surface area contributed by atoms with Crippen molar-refractivity contribution in [2.45, 2.75) is 97.6 Å². The molecule has 0 fully saturated rings. The smallest absolute Gasteiger partial charge is 0.0594 e. The minimum atomic E-state index is 0.254. The van der Waals surface area contributed by atoms with E-state index in [0.29, 0.717) is 6.10 Å². The molecule has 116 valence electrons. The van der Waals surface area contributed by atoms with Crippen LogP contribution in [0.25, 0.3) is 0 Å². The predicted octanol–water partition coefficient (Wildman–Crippen LogP) is 4.92. The Bertz CT molecular complexity index is 192. The van der Waals surface area contributed by atoms with E-state index >= 15 is 0 Å². The highest BCUT2D eigenvalue weighted by Crippen LogP contribution is 2.15. The van der Waals surface area contributed by atoms with E-state index in [0.717, 1.165) is 19.6 Å². The van der Waals surface area contributed by atoms with E-state index in [1.54, 1.807) is 0 Å². The third kappa shape index (κ3) is 12.7. The van der Waals surface area contributed by atoms with Crippen LogP contribution in [0.5, 0.6) is 0 Å². The Kier molecular flexibility index (Phi) is 11.7. The Morgan fingerprint density at radius 2 is 1.63 bits per heavy atom. The van der Waals surface area contributed by atoms with Gasteiger partial charge in [0.15, 0.2) is 0 Å². The lowest BCUT2D eigenvalue weighted by atomic mass is 9.96. The van der Waals surface area contributed by atoms with Crippen molar-refractivity contribution in [1.29, 1.82) is 0 Å². The fourth-order valence-electron chi connectivity index (χ4n) is 2.20. The van der Waals surface area contributed by atoms with E-state index < -0.39 is 0 Å². The van der Waals surface area contributed by atoms with Crippen molar-refractivity contribution in [2.75, 3.05) is 13.2 Å². The van der Waals surface area contributed by atoms with Gasteiger partial charge in [-0.15, -0.1) is 0 Å². The van der Waals surface area contributed by atoms with Crippen LogP contribution in [0.15, 0.2) is 0 Å². The van der Waals surface area contributed by atoms with E-state index in [4.69, 9.17) is 4.74 Å². The van der Waals surface area contributed by atoms with Crippen LogP contribution >= 0.6 is 0 Å². The van der Waals surface area contributed by atoms with Crippen molar-refractivity contribution in [3.8, 4) is 0 Å². The molecule has 0 saturated heterocycles. The second kappa shape index (κ2) is 11.7. The zero-order valence-electron chi connectivity index (χ0n) is 14.1. The van der Waals surface area contributed by atoms with Crippen LogP contribution < -0.4 is 5.32 Å². The van der Waals surface area contributed by atoms with Gasteiger partial charge >= 0.3 is 0 Å². The molecule has 0 radical (unpaired) electrons. The number of hydrogen-bond donors (Lipinski definition) is 1. The highest BCUT2D eigenvalue weighted by molar-refractivity contribution is 4.77. The fourth-order valence-corrected chi connectivity index (χ4v) is 2.20. The Labute approximate surface area is 121 Å². The van der Waals surface area contributed by atoms with Crippen molar-refractivity contribution in [2.24, 2.45) is 0 Å². The number of nitrogens with one attached hydrogen (secondary N) is 1. The molecule has 1 N–H and O–H groups in total. The molecule has 0 aliphatic carbocycles. The fraction of sp³-hybridized carbons (Fsp3) is 1.00. The Morgan fingerprint density at radius 3 is 2.26 bits per heavy atom. The highest BCUT2D eigenvalue weighted by atomic mass is 16.5. The molecule has 0 rings (SSSR count). The van der Waals surface area contributed by atoms with Gasteiger partial charge in [-0.3, -0.25) is 0 Å². The normalized spacial score (nSPS) is 13.7. The third-order valence-corrected chi connectivity index (χ3v) is 3.84. The van der Waals surface area contributed by atoms with Gasteiger partial charge in [-0.2, -0.15) is 0 Å². The predicted molar refractivity (Wildman–Crippen MR) is 85.8 cm³/mol. The molecule has 0 aliphatic rings. The summed E-state index contributed by atoms with van der Waals surface area (Å²) in [6.45, 7) is 13.0. The van der Waals surface area contributed by atoms with Crippen molar-refractivity contribution in [1.82, 2.24) is 5.32 Å². The first kappa shape index (κ1) is 18.9. The van der Waals surface area contributed by atoms with Gasteiger partial charge in [-0.05, 0) is 33.6 Å². The monoisotopic (exact) mass is 271 g/mol. The van der Waals surface area contributed by atoms with Gasteiger partial charge in [0.05, 0.1) is 12.7 Å². The molecular formula is C17H37NO. The first-order chi connectivity index (χ1) is 9.02. The maximum absolute atomic E-state index is 5.69. The molecule has 0 spiro atoms. The summed E-state index contributed by atoms with van der Waals surface area (Å²) in [7, 11) is 0. The number of rotatable bonds is 13. The van der Waals surface area contributed by atoms with E-state index in [-0.39, 0.29) is 5.54 Å². The third-order valence-electron chi connectivity index (χ3n) is 3.84. The second-order valence-corrected chi connectivity index (χ2v) is 6.42. The summed E-state index contributed by atoms with van der Waals surface area (Å²) in [6.07, 6.45) is 11.0. The van der Waals surface area contributed by atoms with Gasteiger partial charge < -0.3 is 10.1 Å². The van der Waals surface area contributed by atoms with Crippen LogP contribution in [0.1, 0.15) is 86.0 Å². The summed E-state index contributed by atoms with van der Waals surface area (Å²) in [4.78, 5) is 0. The lowest BCUT2D eigenvalue weighted by Gasteiger charge is -2.27. The van der Waals surface area contributed by atoms with Crippen LogP contribution in [0.3, 0.4) is 0 Å². The zero-order chi connectivity index (χ0) is 14.6. The van der Waals surface area contributed by atoms with Crippen LogP contribution in [-0.4, -0.2) is 24.8 Å². The molecule has 2 heteroatoms. The Balaban J connectivity index is 3.46. The van der Waals surface area contributed by atoms with E-state index in [2.05, 4.69) is 39.9 Å². The van der Waals surface area contributed by atoms with E-state index in [1.807, 2.05) is 0 Å². The zero-order valence-corrected chi connectivity index (χ0v) is 14.1. The summed E-state index contributed by atoms with van der Waals surface area (Å²) >= 11 is 0. The first-order valence-electron chi connectivity index (χ1n) is 8.38. The minimum absolute atomic E-state index is 0.254. The van der Waals surface area contributed by atoms with Gasteiger partial charge in [0.2, 0.25) is 0 Å². The van der Waals surface area contributed by atoms with Gasteiger partial charge in [-0.25, -0.2) is 0 Å². The maximum Gasteiger partial charge on any atom is 0.0594 e. The summed E-state index contributed by atoms with van der Waals surface area (Å²) < 4.78 is 5.69. The number of ether oxygens (including phenoxy) is 1. The molecule has 1 atom stereocenters. The van der Waals surface area contributed by atoms with Crippen LogP contribution in [-0.2, 0) is 4.74 Å². The molecule has 0 aromatic rings. The summed E-state index contributed by atoms with van der Waals surface area (Å²) in [5.41, 5.74) is 0.254. The SMILES string of the molecule is CCCCCCCCC(C)(C)NCCOC(C)CC. The molecule has 0 aromatic carbocycles. The molecule has 0 bridgehead atoms. The minimum Gasteiger partial charge on any atom is -0.377 e. The molecule has 19 heavy (non-hydrogen) atoms. The second-order valence-electron chi connectivity index (χ2n) is 6.42. The lowest BCUT2D eigenvalue weighted by Crippen LogP contribution is -2.41. The molecule has 0 aliphatic heterocycles. The Hall–Kier alpha value is -0.0800. The number of hydrogen-bond acceptors (Lipinski definition) is 2. The average Bonchev–Trinajstić information content (AvgIpc) is 2.38. The molecule has 2 nitrogen and oxygen atoms in total. The molecule has 0 aromatic heterocycles. The van der Waals surface area contributed by atoms with Crippen molar-refractivity contribution < 1.29 is 4.74 Å². The first-order valence-corrected chi connectivity index (χ1v) is 8.38. The Morgan fingerprint density at radius 1 is 1.00 bits per heavy atom. The van der Waals surface area contributed by atoms with Gasteiger partial charge in [0.25, 0.3) is 0 Å². The van der Waals surface area contributed by atoms with Gasteiger partial charge in [0.1, 0.15) is 0 Å². The van der Waals surface area contributed by atoms with Crippen LogP contribution in [0.2, 0.25) is 0 Å². The standard InChI is InChI=1S/C17H37NO/c1-6-8-9-10-11-12-13-17(4,5)18-14-15-19-16(3)7-2/h16,18H,6-15H2,1-5H3. The lowest BCUT2D eigenvalue weighted by molar-refractivity contribution is 0.0618. The van der Waals surface area contributed by atoms with Crippen molar-refractivity contribution in [3.05, 3.63) is 0 Å². The molecular weight excluding hydrogens is 234 g/mol. The quantitative estimate of drug-likeness (QED) is 0.480. The number of unbranched alkanes of at least 4 members (excludes halogenated alkanes) is 5. The molecule has 1 unspecified atom stereocenters. The average molecular weight is 271 g/mol. The molecule has 0 heterocycles.